The third kappa shape index (κ3) is 11.2. The van der Waals surface area contributed by atoms with Gasteiger partial charge >= 0.3 is 0 Å². The van der Waals surface area contributed by atoms with Crippen molar-refractivity contribution < 1.29 is 38.0 Å². The molecule has 2 rings (SSSR count). The summed E-state index contributed by atoms with van der Waals surface area (Å²) in [5.74, 6) is 1.60. The van der Waals surface area contributed by atoms with Gasteiger partial charge in [0.05, 0.1) is 40.5 Å². The molecule has 0 spiro atoms. The molecule has 0 radical (unpaired) electrons. The molecule has 2 aromatic carbocycles. The van der Waals surface area contributed by atoms with Crippen molar-refractivity contribution in [3.05, 3.63) is 59.7 Å². The van der Waals surface area contributed by atoms with Gasteiger partial charge in [-0.1, -0.05) is 24.3 Å². The van der Waals surface area contributed by atoms with Gasteiger partial charge in [-0.15, -0.1) is 0 Å². The number of methoxy groups -OCH3 is 2. The molecule has 0 aliphatic rings. The summed E-state index contributed by atoms with van der Waals surface area (Å²) in [5, 5.41) is 0. The van der Waals surface area contributed by atoms with E-state index in [1.807, 2.05) is 6.92 Å². The number of allylic oxidation sites excluding steroid dienone is 2. The van der Waals surface area contributed by atoms with Gasteiger partial charge in [0.25, 0.3) is 0 Å². The number of nitrogens with two attached hydrogens (primary N) is 1. The Hall–Kier alpha value is -3.66. The summed E-state index contributed by atoms with van der Waals surface area (Å²) in [4.78, 5) is 24.6. The van der Waals surface area contributed by atoms with Crippen LogP contribution in [0, 0.1) is 0 Å². The van der Waals surface area contributed by atoms with Crippen LogP contribution in [-0.4, -0.2) is 72.0 Å². The molecule has 9 nitrogen and oxygen atoms in total. The van der Waals surface area contributed by atoms with Gasteiger partial charge in [-0.3, -0.25) is 9.59 Å². The van der Waals surface area contributed by atoms with Gasteiger partial charge in [-0.05, 0) is 54.5 Å². The van der Waals surface area contributed by atoms with Crippen molar-refractivity contribution in [1.82, 2.24) is 0 Å². The maximum atomic E-state index is 12.3. The highest BCUT2D eigenvalue weighted by molar-refractivity contribution is 6.10. The average molecular weight is 528 g/mol. The summed E-state index contributed by atoms with van der Waals surface area (Å²) < 4.78 is 32.6. The number of ether oxygens (including phenoxy) is 6. The molecule has 0 unspecified atom stereocenters. The monoisotopic (exact) mass is 527 g/mol. The zero-order valence-electron chi connectivity index (χ0n) is 22.3. The second-order valence-corrected chi connectivity index (χ2v) is 7.89. The van der Waals surface area contributed by atoms with E-state index in [9.17, 15) is 9.59 Å². The van der Waals surface area contributed by atoms with Crippen molar-refractivity contribution >= 4 is 23.7 Å². The Labute approximate surface area is 224 Å². The molecule has 38 heavy (non-hydrogen) atoms. The van der Waals surface area contributed by atoms with E-state index in [0.717, 1.165) is 11.1 Å². The number of ketones is 2. The number of hydrogen-bond acceptors (Lipinski definition) is 9. The first-order chi connectivity index (χ1) is 18.5. The Bertz CT molecular complexity index is 1080. The number of carbonyl (C=O) groups is 2. The Morgan fingerprint density at radius 3 is 1.66 bits per heavy atom. The SMILES string of the molecule is CCOCCOc1ccc(/C=C/C(=O)CC(=O)/C=C/c2ccc(OCCOCCN)c(OC)c2)cc1OC. The average Bonchev–Trinajstić information content (AvgIpc) is 2.93. The Balaban J connectivity index is 1.89. The third-order valence-electron chi connectivity index (χ3n) is 5.08. The molecule has 0 amide bonds. The maximum absolute atomic E-state index is 12.3. The van der Waals surface area contributed by atoms with Gasteiger partial charge in [0.15, 0.2) is 34.6 Å². The van der Waals surface area contributed by atoms with Gasteiger partial charge in [0, 0.05) is 13.2 Å². The molecular weight excluding hydrogens is 490 g/mol. The quantitative estimate of drug-likeness (QED) is 0.166. The van der Waals surface area contributed by atoms with Crippen LogP contribution >= 0.6 is 0 Å². The minimum Gasteiger partial charge on any atom is -0.493 e. The van der Waals surface area contributed by atoms with Crippen molar-refractivity contribution in [2.45, 2.75) is 13.3 Å². The smallest absolute Gasteiger partial charge is 0.163 e. The minimum absolute atomic E-state index is 0.246. The second-order valence-electron chi connectivity index (χ2n) is 7.89. The van der Waals surface area contributed by atoms with E-state index in [-0.39, 0.29) is 18.0 Å². The summed E-state index contributed by atoms with van der Waals surface area (Å²) in [6, 6.07) is 10.6. The van der Waals surface area contributed by atoms with Crippen LogP contribution in [0.1, 0.15) is 24.5 Å². The van der Waals surface area contributed by atoms with E-state index in [1.165, 1.54) is 19.3 Å². The molecule has 2 N–H and O–H groups in total. The summed E-state index contributed by atoms with van der Waals surface area (Å²) in [5.41, 5.74) is 6.87. The van der Waals surface area contributed by atoms with E-state index in [2.05, 4.69) is 0 Å². The third-order valence-corrected chi connectivity index (χ3v) is 5.08. The summed E-state index contributed by atoms with van der Waals surface area (Å²) in [7, 11) is 3.08. The Kier molecular flexibility index (Phi) is 14.3. The number of carbonyl (C=O) groups excluding carboxylic acids is 2. The van der Waals surface area contributed by atoms with E-state index >= 15 is 0 Å². The highest BCUT2D eigenvalue weighted by Crippen LogP contribution is 2.29. The maximum Gasteiger partial charge on any atom is 0.163 e. The minimum atomic E-state index is -0.313. The van der Waals surface area contributed by atoms with Gasteiger partial charge in [0.1, 0.15) is 13.2 Å². The van der Waals surface area contributed by atoms with Crippen LogP contribution in [-0.2, 0) is 19.1 Å². The molecule has 0 aliphatic heterocycles. The standard InChI is InChI=1S/C29H37NO8/c1-4-35-15-17-37-26-11-7-22(19-28(26)33-2)5-9-24(31)21-25(32)10-6-23-8-12-27(29(20-23)34-3)38-18-16-36-14-13-30/h5-12,19-20H,4,13-18,21,30H2,1-3H3/b9-5+,10-6+. The molecule has 0 heterocycles. The lowest BCUT2D eigenvalue weighted by molar-refractivity contribution is -0.121. The highest BCUT2D eigenvalue weighted by Gasteiger charge is 2.08. The lowest BCUT2D eigenvalue weighted by Crippen LogP contribution is -2.13. The first kappa shape index (κ1) is 30.6. The highest BCUT2D eigenvalue weighted by atomic mass is 16.5. The van der Waals surface area contributed by atoms with Crippen molar-refractivity contribution in [3.8, 4) is 23.0 Å². The fraction of sp³-hybridized carbons (Fsp3) is 0.379. The molecule has 0 aliphatic carbocycles. The van der Waals surface area contributed by atoms with Crippen LogP contribution < -0.4 is 24.7 Å². The van der Waals surface area contributed by atoms with E-state index in [0.29, 0.717) is 69.2 Å². The number of rotatable bonds is 19. The van der Waals surface area contributed by atoms with Crippen molar-refractivity contribution in [1.29, 1.82) is 0 Å². The summed E-state index contributed by atoms with van der Waals surface area (Å²) >= 11 is 0. The van der Waals surface area contributed by atoms with E-state index < -0.39 is 0 Å². The van der Waals surface area contributed by atoms with Gasteiger partial charge in [0.2, 0.25) is 0 Å². The Morgan fingerprint density at radius 2 is 1.21 bits per heavy atom. The van der Waals surface area contributed by atoms with Crippen LogP contribution in [0.5, 0.6) is 23.0 Å². The van der Waals surface area contributed by atoms with Crippen molar-refractivity contribution in [2.24, 2.45) is 5.73 Å². The fourth-order valence-electron chi connectivity index (χ4n) is 3.23. The zero-order chi connectivity index (χ0) is 27.6. The van der Waals surface area contributed by atoms with Gasteiger partial charge < -0.3 is 34.2 Å². The predicted octanol–water partition coefficient (Wildman–Crippen LogP) is 3.73. The van der Waals surface area contributed by atoms with Crippen LogP contribution in [0.4, 0.5) is 0 Å². The number of benzene rings is 2. The fourth-order valence-corrected chi connectivity index (χ4v) is 3.23. The molecule has 0 saturated heterocycles. The van der Waals surface area contributed by atoms with Crippen LogP contribution in [0.3, 0.4) is 0 Å². The van der Waals surface area contributed by atoms with Crippen LogP contribution in [0.15, 0.2) is 48.6 Å². The summed E-state index contributed by atoms with van der Waals surface area (Å²) in [6.45, 7) is 5.15. The number of hydrogen-bond donors (Lipinski definition) is 1. The van der Waals surface area contributed by atoms with Gasteiger partial charge in [-0.25, -0.2) is 0 Å². The van der Waals surface area contributed by atoms with E-state index in [1.54, 1.807) is 55.7 Å². The molecule has 206 valence electrons. The molecular formula is C29H37NO8. The first-order valence-electron chi connectivity index (χ1n) is 12.4. The van der Waals surface area contributed by atoms with E-state index in [4.69, 9.17) is 34.2 Å². The lowest BCUT2D eigenvalue weighted by atomic mass is 10.1. The first-order valence-corrected chi connectivity index (χ1v) is 12.4. The van der Waals surface area contributed by atoms with Crippen LogP contribution in [0.2, 0.25) is 0 Å². The molecule has 0 aromatic heterocycles. The molecule has 2 aromatic rings. The zero-order valence-corrected chi connectivity index (χ0v) is 22.3. The molecule has 0 fully saturated rings. The molecule has 0 bridgehead atoms. The Morgan fingerprint density at radius 1 is 0.711 bits per heavy atom. The normalized spacial score (nSPS) is 11.2. The largest absolute Gasteiger partial charge is 0.493 e. The molecule has 0 atom stereocenters. The van der Waals surface area contributed by atoms with Crippen molar-refractivity contribution in [2.75, 3.05) is 60.4 Å². The van der Waals surface area contributed by atoms with Crippen molar-refractivity contribution in [3.63, 3.8) is 0 Å². The van der Waals surface area contributed by atoms with Crippen LogP contribution in [0.25, 0.3) is 12.2 Å². The topological polar surface area (TPSA) is 116 Å². The predicted molar refractivity (Wildman–Crippen MR) is 146 cm³/mol. The molecule has 9 heteroatoms. The lowest BCUT2D eigenvalue weighted by Gasteiger charge is -2.11. The second kappa shape index (κ2) is 17.7. The van der Waals surface area contributed by atoms with Gasteiger partial charge in [-0.2, -0.15) is 0 Å². The molecule has 0 saturated carbocycles. The summed E-state index contributed by atoms with van der Waals surface area (Å²) in [6.07, 6.45) is 5.77.